The summed E-state index contributed by atoms with van der Waals surface area (Å²) in [6.07, 6.45) is 3.98. The number of anilines is 1. The van der Waals surface area contributed by atoms with Gasteiger partial charge in [-0.05, 0) is 36.6 Å². The van der Waals surface area contributed by atoms with Crippen LogP contribution < -0.4 is 10.6 Å². The lowest BCUT2D eigenvalue weighted by Crippen LogP contribution is -2.17. The fourth-order valence-electron chi connectivity index (χ4n) is 2.57. The molecule has 3 rings (SSSR count). The van der Waals surface area contributed by atoms with E-state index in [1.54, 1.807) is 6.07 Å². The molecule has 19 heavy (non-hydrogen) atoms. The lowest BCUT2D eigenvalue weighted by atomic mass is 10.1. The van der Waals surface area contributed by atoms with Gasteiger partial charge in [0.2, 0.25) is 0 Å². The number of hydrogen-bond donors (Lipinski definition) is 1. The van der Waals surface area contributed by atoms with E-state index in [9.17, 15) is 4.79 Å². The topological polar surface area (TPSA) is 59.5 Å². The Bertz CT molecular complexity index is 598. The van der Waals surface area contributed by atoms with E-state index in [1.165, 1.54) is 24.8 Å². The SMILES string of the molecule is NC(=O)c1occc1-c1cccc(N2CCCC2)c1. The van der Waals surface area contributed by atoms with E-state index in [4.69, 9.17) is 10.2 Å². The molecule has 0 atom stereocenters. The molecule has 0 radical (unpaired) electrons. The van der Waals surface area contributed by atoms with Crippen LogP contribution in [0.5, 0.6) is 0 Å². The number of hydrogen-bond acceptors (Lipinski definition) is 3. The second-order valence-electron chi connectivity index (χ2n) is 4.77. The molecule has 1 amide bonds. The van der Waals surface area contributed by atoms with Gasteiger partial charge in [0.25, 0.3) is 5.91 Å². The summed E-state index contributed by atoms with van der Waals surface area (Å²) in [6, 6.07) is 9.93. The minimum absolute atomic E-state index is 0.221. The minimum atomic E-state index is -0.536. The highest BCUT2D eigenvalue weighted by atomic mass is 16.3. The number of nitrogens with zero attached hydrogens (tertiary/aromatic N) is 1. The zero-order valence-corrected chi connectivity index (χ0v) is 10.6. The molecular formula is C15H16N2O2. The lowest BCUT2D eigenvalue weighted by molar-refractivity contribution is 0.0975. The molecule has 1 aliphatic heterocycles. The summed E-state index contributed by atoms with van der Waals surface area (Å²) in [5.74, 6) is -0.315. The summed E-state index contributed by atoms with van der Waals surface area (Å²) in [5.41, 5.74) is 8.22. The Hall–Kier alpha value is -2.23. The Morgan fingerprint density at radius 2 is 2.00 bits per heavy atom. The number of benzene rings is 1. The quantitative estimate of drug-likeness (QED) is 0.918. The van der Waals surface area contributed by atoms with E-state index in [0.717, 1.165) is 24.2 Å². The largest absolute Gasteiger partial charge is 0.459 e. The van der Waals surface area contributed by atoms with Gasteiger partial charge in [-0.1, -0.05) is 12.1 Å². The molecule has 2 N–H and O–H groups in total. The Balaban J connectivity index is 1.98. The van der Waals surface area contributed by atoms with E-state index in [1.807, 2.05) is 12.1 Å². The number of rotatable bonds is 3. The standard InChI is InChI=1S/C15H16N2O2/c16-15(18)14-13(6-9-19-14)11-4-3-5-12(10-11)17-7-1-2-8-17/h3-6,9-10H,1-2,7-8H2,(H2,16,18). The van der Waals surface area contributed by atoms with Crippen molar-refractivity contribution in [2.75, 3.05) is 18.0 Å². The van der Waals surface area contributed by atoms with Crippen molar-refractivity contribution in [3.05, 3.63) is 42.4 Å². The van der Waals surface area contributed by atoms with E-state index in [0.29, 0.717) is 0 Å². The highest BCUT2D eigenvalue weighted by Gasteiger charge is 2.16. The van der Waals surface area contributed by atoms with Gasteiger partial charge in [-0.2, -0.15) is 0 Å². The van der Waals surface area contributed by atoms with E-state index >= 15 is 0 Å². The first-order valence-electron chi connectivity index (χ1n) is 6.48. The molecule has 0 spiro atoms. The zero-order chi connectivity index (χ0) is 13.2. The van der Waals surface area contributed by atoms with E-state index in [-0.39, 0.29) is 5.76 Å². The van der Waals surface area contributed by atoms with Crippen molar-refractivity contribution >= 4 is 11.6 Å². The monoisotopic (exact) mass is 256 g/mol. The smallest absolute Gasteiger partial charge is 0.285 e. The number of primary amides is 1. The molecule has 0 unspecified atom stereocenters. The van der Waals surface area contributed by atoms with Crippen LogP contribution in [-0.2, 0) is 0 Å². The van der Waals surface area contributed by atoms with E-state index in [2.05, 4.69) is 17.0 Å². The number of carbonyl (C=O) groups is 1. The van der Waals surface area contributed by atoms with Crippen molar-refractivity contribution in [3.63, 3.8) is 0 Å². The molecule has 1 aromatic heterocycles. The number of furan rings is 1. The lowest BCUT2D eigenvalue weighted by Gasteiger charge is -2.18. The average Bonchev–Trinajstić information content (AvgIpc) is 3.10. The summed E-state index contributed by atoms with van der Waals surface area (Å²) < 4.78 is 5.16. The van der Waals surface area contributed by atoms with Crippen LogP contribution in [0.2, 0.25) is 0 Å². The minimum Gasteiger partial charge on any atom is -0.459 e. The van der Waals surface area contributed by atoms with Crippen LogP contribution in [0.4, 0.5) is 5.69 Å². The van der Waals surface area contributed by atoms with Crippen molar-refractivity contribution in [3.8, 4) is 11.1 Å². The first-order chi connectivity index (χ1) is 9.25. The second-order valence-corrected chi connectivity index (χ2v) is 4.77. The first kappa shape index (κ1) is 11.8. The third-order valence-corrected chi connectivity index (χ3v) is 3.52. The van der Waals surface area contributed by atoms with Crippen LogP contribution in [0.1, 0.15) is 23.4 Å². The van der Waals surface area contributed by atoms with Gasteiger partial charge >= 0.3 is 0 Å². The molecule has 0 bridgehead atoms. The fourth-order valence-corrected chi connectivity index (χ4v) is 2.57. The van der Waals surface area contributed by atoms with Crippen molar-refractivity contribution in [1.29, 1.82) is 0 Å². The van der Waals surface area contributed by atoms with Crippen LogP contribution in [0.15, 0.2) is 41.0 Å². The van der Waals surface area contributed by atoms with Gasteiger partial charge in [0.15, 0.2) is 5.76 Å². The Morgan fingerprint density at radius 1 is 1.21 bits per heavy atom. The van der Waals surface area contributed by atoms with Gasteiger partial charge in [0, 0.05) is 24.3 Å². The molecule has 4 nitrogen and oxygen atoms in total. The molecule has 1 saturated heterocycles. The van der Waals surface area contributed by atoms with Crippen molar-refractivity contribution in [2.24, 2.45) is 5.73 Å². The Morgan fingerprint density at radius 3 is 2.74 bits per heavy atom. The maximum absolute atomic E-state index is 11.3. The summed E-state index contributed by atoms with van der Waals surface area (Å²) >= 11 is 0. The predicted molar refractivity (Wildman–Crippen MR) is 74.1 cm³/mol. The maximum Gasteiger partial charge on any atom is 0.285 e. The third-order valence-electron chi connectivity index (χ3n) is 3.52. The van der Waals surface area contributed by atoms with Crippen LogP contribution in [0.25, 0.3) is 11.1 Å². The average molecular weight is 256 g/mol. The van der Waals surface area contributed by atoms with Crippen LogP contribution >= 0.6 is 0 Å². The maximum atomic E-state index is 11.3. The van der Waals surface area contributed by atoms with Gasteiger partial charge in [-0.3, -0.25) is 4.79 Å². The normalized spacial score (nSPS) is 14.8. The Labute approximate surface area is 111 Å². The van der Waals surface area contributed by atoms with Crippen LogP contribution in [0.3, 0.4) is 0 Å². The molecular weight excluding hydrogens is 240 g/mol. The van der Waals surface area contributed by atoms with Gasteiger partial charge in [0.1, 0.15) is 0 Å². The Kier molecular flexibility index (Phi) is 2.99. The highest BCUT2D eigenvalue weighted by molar-refractivity contribution is 5.97. The summed E-state index contributed by atoms with van der Waals surface area (Å²) in [6.45, 7) is 2.19. The van der Waals surface area contributed by atoms with Gasteiger partial charge in [-0.25, -0.2) is 0 Å². The summed E-state index contributed by atoms with van der Waals surface area (Å²) in [4.78, 5) is 13.7. The molecule has 1 aromatic carbocycles. The second kappa shape index (κ2) is 4.80. The molecule has 0 saturated carbocycles. The third kappa shape index (κ3) is 2.21. The van der Waals surface area contributed by atoms with Gasteiger partial charge in [-0.15, -0.1) is 0 Å². The molecule has 0 aliphatic carbocycles. The molecule has 2 aromatic rings. The van der Waals surface area contributed by atoms with Gasteiger partial charge in [0.05, 0.1) is 6.26 Å². The van der Waals surface area contributed by atoms with Crippen LogP contribution in [-0.4, -0.2) is 19.0 Å². The number of amides is 1. The summed E-state index contributed by atoms with van der Waals surface area (Å²) in [7, 11) is 0. The van der Waals surface area contributed by atoms with Crippen LogP contribution in [0, 0.1) is 0 Å². The molecule has 98 valence electrons. The predicted octanol–water partition coefficient (Wildman–Crippen LogP) is 2.65. The molecule has 4 heteroatoms. The molecule has 2 heterocycles. The van der Waals surface area contributed by atoms with Gasteiger partial charge < -0.3 is 15.1 Å². The zero-order valence-electron chi connectivity index (χ0n) is 10.6. The molecule has 1 aliphatic rings. The number of nitrogens with two attached hydrogens (primary N) is 1. The highest BCUT2D eigenvalue weighted by Crippen LogP contribution is 2.29. The van der Waals surface area contributed by atoms with Crippen molar-refractivity contribution < 1.29 is 9.21 Å². The summed E-state index contributed by atoms with van der Waals surface area (Å²) in [5, 5.41) is 0. The molecule has 1 fully saturated rings. The first-order valence-corrected chi connectivity index (χ1v) is 6.48. The van der Waals surface area contributed by atoms with E-state index < -0.39 is 5.91 Å². The number of carbonyl (C=O) groups excluding carboxylic acids is 1. The van der Waals surface area contributed by atoms with Crippen molar-refractivity contribution in [1.82, 2.24) is 0 Å². The fraction of sp³-hybridized carbons (Fsp3) is 0.267. The van der Waals surface area contributed by atoms with Crippen molar-refractivity contribution in [2.45, 2.75) is 12.8 Å².